The van der Waals surface area contributed by atoms with Crippen LogP contribution in [-0.2, 0) is 0 Å². The van der Waals surface area contributed by atoms with Gasteiger partial charge in [-0.25, -0.2) is 0 Å². The molecular formula is C14H24N2. The molecule has 1 N–H and O–H groups in total. The molecule has 2 heteroatoms. The SMILES string of the molecule is CCCCC(C)NC(CC)c1ccncc1. The van der Waals surface area contributed by atoms with Gasteiger partial charge < -0.3 is 5.32 Å². The third-order valence-corrected chi connectivity index (χ3v) is 2.99. The Labute approximate surface area is 99.5 Å². The second-order valence-corrected chi connectivity index (χ2v) is 4.45. The van der Waals surface area contributed by atoms with E-state index in [2.05, 4.69) is 43.2 Å². The molecule has 0 aliphatic rings. The number of nitrogens with one attached hydrogen (secondary N) is 1. The molecule has 0 aliphatic carbocycles. The van der Waals surface area contributed by atoms with Crippen LogP contribution < -0.4 is 5.32 Å². The maximum absolute atomic E-state index is 4.06. The zero-order valence-electron chi connectivity index (χ0n) is 10.7. The molecule has 0 saturated carbocycles. The van der Waals surface area contributed by atoms with Crippen molar-refractivity contribution < 1.29 is 0 Å². The van der Waals surface area contributed by atoms with Crippen LogP contribution in [0.3, 0.4) is 0 Å². The fourth-order valence-corrected chi connectivity index (χ4v) is 1.98. The summed E-state index contributed by atoms with van der Waals surface area (Å²) in [6.45, 7) is 6.75. The molecule has 90 valence electrons. The Morgan fingerprint density at radius 3 is 2.50 bits per heavy atom. The average Bonchev–Trinajstić information content (AvgIpc) is 2.34. The molecule has 2 atom stereocenters. The predicted molar refractivity (Wildman–Crippen MR) is 69.4 cm³/mol. The monoisotopic (exact) mass is 220 g/mol. The third-order valence-electron chi connectivity index (χ3n) is 2.99. The first-order valence-electron chi connectivity index (χ1n) is 6.43. The normalized spacial score (nSPS) is 14.7. The lowest BCUT2D eigenvalue weighted by atomic mass is 10.0. The minimum Gasteiger partial charge on any atom is -0.307 e. The molecule has 0 radical (unpaired) electrons. The number of pyridine rings is 1. The van der Waals surface area contributed by atoms with E-state index in [9.17, 15) is 0 Å². The summed E-state index contributed by atoms with van der Waals surface area (Å²) in [5.41, 5.74) is 1.35. The van der Waals surface area contributed by atoms with Crippen molar-refractivity contribution in [2.24, 2.45) is 0 Å². The van der Waals surface area contributed by atoms with E-state index in [1.807, 2.05) is 12.4 Å². The lowest BCUT2D eigenvalue weighted by Gasteiger charge is -2.22. The van der Waals surface area contributed by atoms with Gasteiger partial charge in [0.1, 0.15) is 0 Å². The van der Waals surface area contributed by atoms with Gasteiger partial charge in [-0.1, -0.05) is 26.7 Å². The van der Waals surface area contributed by atoms with Gasteiger partial charge in [-0.3, -0.25) is 4.98 Å². The first-order valence-corrected chi connectivity index (χ1v) is 6.43. The number of hydrogen-bond acceptors (Lipinski definition) is 2. The highest BCUT2D eigenvalue weighted by Gasteiger charge is 2.11. The molecule has 0 amide bonds. The summed E-state index contributed by atoms with van der Waals surface area (Å²) in [4.78, 5) is 4.06. The van der Waals surface area contributed by atoms with E-state index < -0.39 is 0 Å². The maximum Gasteiger partial charge on any atom is 0.0321 e. The van der Waals surface area contributed by atoms with E-state index in [0.717, 1.165) is 6.42 Å². The Morgan fingerprint density at radius 1 is 1.25 bits per heavy atom. The minimum absolute atomic E-state index is 0.467. The zero-order chi connectivity index (χ0) is 11.8. The Morgan fingerprint density at radius 2 is 1.94 bits per heavy atom. The number of rotatable bonds is 7. The summed E-state index contributed by atoms with van der Waals surface area (Å²) in [7, 11) is 0. The molecule has 1 rings (SSSR count). The van der Waals surface area contributed by atoms with Crippen LogP contribution in [0.25, 0.3) is 0 Å². The standard InChI is InChI=1S/C14H24N2/c1-4-6-7-12(3)16-14(5-2)13-8-10-15-11-9-13/h8-12,14,16H,4-7H2,1-3H3. The first-order chi connectivity index (χ1) is 7.77. The summed E-state index contributed by atoms with van der Waals surface area (Å²) in [5.74, 6) is 0. The molecule has 2 unspecified atom stereocenters. The fraction of sp³-hybridized carbons (Fsp3) is 0.643. The molecule has 0 spiro atoms. The smallest absolute Gasteiger partial charge is 0.0321 e. The zero-order valence-corrected chi connectivity index (χ0v) is 10.7. The van der Waals surface area contributed by atoms with Crippen LogP contribution in [0.4, 0.5) is 0 Å². The van der Waals surface area contributed by atoms with Crippen molar-refractivity contribution in [2.45, 2.75) is 58.5 Å². The van der Waals surface area contributed by atoms with Crippen molar-refractivity contribution >= 4 is 0 Å². The molecule has 1 aromatic rings. The molecule has 16 heavy (non-hydrogen) atoms. The van der Waals surface area contributed by atoms with Crippen molar-refractivity contribution in [3.8, 4) is 0 Å². The second kappa shape index (κ2) is 7.39. The largest absolute Gasteiger partial charge is 0.307 e. The van der Waals surface area contributed by atoms with Crippen LogP contribution in [0.1, 0.15) is 58.1 Å². The molecule has 0 saturated heterocycles. The van der Waals surface area contributed by atoms with E-state index in [1.165, 1.54) is 24.8 Å². The van der Waals surface area contributed by atoms with Crippen LogP contribution in [0, 0.1) is 0 Å². The molecule has 1 heterocycles. The number of aromatic nitrogens is 1. The molecule has 2 nitrogen and oxygen atoms in total. The summed E-state index contributed by atoms with van der Waals surface area (Å²) in [6, 6.07) is 5.27. The second-order valence-electron chi connectivity index (χ2n) is 4.45. The van der Waals surface area contributed by atoms with Crippen molar-refractivity contribution in [3.05, 3.63) is 30.1 Å². The van der Waals surface area contributed by atoms with E-state index >= 15 is 0 Å². The summed E-state index contributed by atoms with van der Waals surface area (Å²) < 4.78 is 0. The number of nitrogens with zero attached hydrogens (tertiary/aromatic N) is 1. The fourth-order valence-electron chi connectivity index (χ4n) is 1.98. The highest BCUT2D eigenvalue weighted by atomic mass is 14.9. The molecule has 0 aromatic carbocycles. The molecular weight excluding hydrogens is 196 g/mol. The van der Waals surface area contributed by atoms with Crippen LogP contribution in [0.2, 0.25) is 0 Å². The molecule has 0 bridgehead atoms. The van der Waals surface area contributed by atoms with Gasteiger partial charge in [0.05, 0.1) is 0 Å². The van der Waals surface area contributed by atoms with Crippen molar-refractivity contribution in [1.82, 2.24) is 10.3 Å². The maximum atomic E-state index is 4.06. The molecule has 0 fully saturated rings. The number of hydrogen-bond donors (Lipinski definition) is 1. The van der Waals surface area contributed by atoms with Crippen LogP contribution in [0.5, 0.6) is 0 Å². The van der Waals surface area contributed by atoms with E-state index in [0.29, 0.717) is 12.1 Å². The Bertz CT molecular complexity index is 271. The Hall–Kier alpha value is -0.890. The van der Waals surface area contributed by atoms with Gasteiger partial charge in [0.2, 0.25) is 0 Å². The Kier molecular flexibility index (Phi) is 6.09. The number of unbranched alkanes of at least 4 members (excludes halogenated alkanes) is 1. The van der Waals surface area contributed by atoms with Gasteiger partial charge in [0, 0.05) is 24.5 Å². The van der Waals surface area contributed by atoms with Gasteiger partial charge in [-0.15, -0.1) is 0 Å². The lowest BCUT2D eigenvalue weighted by molar-refractivity contribution is 0.418. The van der Waals surface area contributed by atoms with Crippen LogP contribution in [0.15, 0.2) is 24.5 Å². The highest BCUT2D eigenvalue weighted by Crippen LogP contribution is 2.17. The van der Waals surface area contributed by atoms with Gasteiger partial charge >= 0.3 is 0 Å². The Balaban J connectivity index is 2.49. The van der Waals surface area contributed by atoms with Gasteiger partial charge in [-0.2, -0.15) is 0 Å². The summed E-state index contributed by atoms with van der Waals surface area (Å²) >= 11 is 0. The van der Waals surface area contributed by atoms with Gasteiger partial charge in [0.25, 0.3) is 0 Å². The topological polar surface area (TPSA) is 24.9 Å². The summed E-state index contributed by atoms with van der Waals surface area (Å²) in [6.07, 6.45) is 8.71. The van der Waals surface area contributed by atoms with E-state index in [4.69, 9.17) is 0 Å². The highest BCUT2D eigenvalue weighted by molar-refractivity contribution is 5.14. The minimum atomic E-state index is 0.467. The molecule has 1 aromatic heterocycles. The predicted octanol–water partition coefficient (Wildman–Crippen LogP) is 3.70. The van der Waals surface area contributed by atoms with Crippen LogP contribution in [-0.4, -0.2) is 11.0 Å². The van der Waals surface area contributed by atoms with Gasteiger partial charge in [0.15, 0.2) is 0 Å². The van der Waals surface area contributed by atoms with Crippen molar-refractivity contribution in [1.29, 1.82) is 0 Å². The van der Waals surface area contributed by atoms with Gasteiger partial charge in [-0.05, 0) is 37.5 Å². The van der Waals surface area contributed by atoms with Crippen molar-refractivity contribution in [3.63, 3.8) is 0 Å². The third kappa shape index (κ3) is 4.31. The van der Waals surface area contributed by atoms with Crippen molar-refractivity contribution in [2.75, 3.05) is 0 Å². The quantitative estimate of drug-likeness (QED) is 0.758. The first kappa shape index (κ1) is 13.2. The average molecular weight is 220 g/mol. The van der Waals surface area contributed by atoms with E-state index in [-0.39, 0.29) is 0 Å². The summed E-state index contributed by atoms with van der Waals surface area (Å²) in [5, 5.41) is 3.69. The molecule has 0 aliphatic heterocycles. The van der Waals surface area contributed by atoms with Crippen LogP contribution >= 0.6 is 0 Å². The van der Waals surface area contributed by atoms with E-state index in [1.54, 1.807) is 0 Å². The lowest BCUT2D eigenvalue weighted by Crippen LogP contribution is -2.30.